The number of carbonyl (C=O) groups excluding carboxylic acids is 1. The molecule has 8 heteroatoms. The van der Waals surface area contributed by atoms with E-state index in [4.69, 9.17) is 5.11 Å². The van der Waals surface area contributed by atoms with Gasteiger partial charge in [-0.15, -0.1) is 0 Å². The minimum Gasteiger partial charge on any atom is -0.396 e. The molecule has 0 radical (unpaired) electrons. The second-order valence-corrected chi connectivity index (χ2v) is 8.88. The molecule has 0 saturated heterocycles. The number of sulfone groups is 1. The maximum Gasteiger partial charge on any atom is 0.268 e. The number of rotatable bonds is 9. The second-order valence-electron chi connectivity index (χ2n) is 6.14. The molecule has 1 amide bonds. The van der Waals surface area contributed by atoms with E-state index in [-0.39, 0.29) is 25.3 Å². The lowest BCUT2D eigenvalue weighted by molar-refractivity contribution is -0.118. The molecule has 0 atom stereocenters. The summed E-state index contributed by atoms with van der Waals surface area (Å²) in [6, 6.07) is 0. The van der Waals surface area contributed by atoms with Gasteiger partial charge < -0.3 is 10.4 Å². The van der Waals surface area contributed by atoms with E-state index in [1.54, 1.807) is 7.05 Å². The Morgan fingerprint density at radius 2 is 1.86 bits per heavy atom. The normalized spacial score (nSPS) is 20.8. The average Bonchev–Trinajstić information content (AvgIpc) is 3.38. The van der Waals surface area contributed by atoms with E-state index in [1.165, 1.54) is 5.01 Å². The van der Waals surface area contributed by atoms with Gasteiger partial charge in [0, 0.05) is 26.9 Å². The van der Waals surface area contributed by atoms with E-state index in [0.717, 1.165) is 0 Å². The molecule has 2 N–H and O–H groups in total. The van der Waals surface area contributed by atoms with Gasteiger partial charge in [0.2, 0.25) is 0 Å². The molecule has 0 aromatic carbocycles. The first-order chi connectivity index (χ1) is 10.3. The lowest BCUT2D eigenvalue weighted by Crippen LogP contribution is -2.45. The van der Waals surface area contributed by atoms with Crippen molar-refractivity contribution in [1.29, 1.82) is 0 Å². The quantitative estimate of drug-likeness (QED) is 0.353. The van der Waals surface area contributed by atoms with E-state index in [0.29, 0.717) is 25.7 Å². The van der Waals surface area contributed by atoms with Crippen molar-refractivity contribution in [2.24, 2.45) is 5.10 Å². The van der Waals surface area contributed by atoms with Crippen molar-refractivity contribution in [2.75, 3.05) is 20.2 Å². The predicted molar refractivity (Wildman–Crippen MR) is 84.0 cm³/mol. The topological polar surface area (TPSA) is 99.1 Å². The van der Waals surface area contributed by atoms with Crippen LogP contribution in [-0.2, 0) is 14.6 Å². The highest BCUT2D eigenvalue weighted by atomic mass is 32.2. The van der Waals surface area contributed by atoms with E-state index >= 15 is 0 Å². The summed E-state index contributed by atoms with van der Waals surface area (Å²) in [7, 11) is -1.84. The van der Waals surface area contributed by atoms with Crippen LogP contribution in [0.15, 0.2) is 17.4 Å². The first-order valence-corrected chi connectivity index (χ1v) is 8.76. The monoisotopic (exact) mass is 329 g/mol. The Labute approximate surface area is 131 Å². The van der Waals surface area contributed by atoms with Gasteiger partial charge in [-0.05, 0) is 32.1 Å². The standard InChI is InChI=1S/C14H23N3O4S/c1-11(17(3)15-2)12(19)16-10-14(6-7-14)22(20,21)13(4-5-13)8-9-18/h18H,1-2,4-10H2,3H3,(H,16,19). The van der Waals surface area contributed by atoms with Gasteiger partial charge in [0.1, 0.15) is 5.70 Å². The molecule has 0 aromatic heterocycles. The van der Waals surface area contributed by atoms with Crippen LogP contribution in [0.1, 0.15) is 32.1 Å². The summed E-state index contributed by atoms with van der Waals surface area (Å²) < 4.78 is 24.0. The average molecular weight is 329 g/mol. The van der Waals surface area contributed by atoms with Crippen molar-refractivity contribution >= 4 is 22.5 Å². The van der Waals surface area contributed by atoms with Crippen LogP contribution in [0.5, 0.6) is 0 Å². The number of carbonyl (C=O) groups is 1. The van der Waals surface area contributed by atoms with Crippen LogP contribution in [0.4, 0.5) is 0 Å². The molecule has 22 heavy (non-hydrogen) atoms. The molecule has 0 aliphatic heterocycles. The first kappa shape index (κ1) is 17.0. The number of nitrogens with one attached hydrogen (secondary N) is 1. The highest BCUT2D eigenvalue weighted by Gasteiger charge is 2.66. The fraction of sp³-hybridized carbons (Fsp3) is 0.714. The third-order valence-electron chi connectivity index (χ3n) is 4.76. The SMILES string of the molecule is C=NN(C)C(=C)C(=O)NCC1(S(=O)(=O)C2(CCO)CC2)CC1. The lowest BCUT2D eigenvalue weighted by atomic mass is 10.3. The van der Waals surface area contributed by atoms with Crippen LogP contribution in [0, 0.1) is 0 Å². The van der Waals surface area contributed by atoms with Crippen LogP contribution in [-0.4, -0.2) is 60.9 Å². The van der Waals surface area contributed by atoms with Gasteiger partial charge in [0.05, 0.1) is 9.49 Å². The van der Waals surface area contributed by atoms with Crippen molar-refractivity contribution < 1.29 is 18.3 Å². The molecular weight excluding hydrogens is 306 g/mol. The minimum absolute atomic E-state index is 0.0748. The Bertz CT molecular complexity index is 591. The van der Waals surface area contributed by atoms with Crippen LogP contribution in [0.25, 0.3) is 0 Å². The predicted octanol–water partition coefficient (Wildman–Crippen LogP) is 0.0261. The minimum atomic E-state index is -3.38. The van der Waals surface area contributed by atoms with Gasteiger partial charge >= 0.3 is 0 Å². The highest BCUT2D eigenvalue weighted by molar-refractivity contribution is 7.94. The molecule has 0 heterocycles. The lowest BCUT2D eigenvalue weighted by Gasteiger charge is -2.24. The number of hydrogen-bond donors (Lipinski definition) is 2. The molecule has 2 aliphatic carbocycles. The Kier molecular flexibility index (Phi) is 4.36. The van der Waals surface area contributed by atoms with E-state index in [2.05, 4.69) is 23.7 Å². The van der Waals surface area contributed by atoms with Gasteiger partial charge in [-0.3, -0.25) is 9.80 Å². The Morgan fingerprint density at radius 3 is 2.27 bits per heavy atom. The fourth-order valence-electron chi connectivity index (χ4n) is 2.71. The first-order valence-electron chi connectivity index (χ1n) is 7.28. The summed E-state index contributed by atoms with van der Waals surface area (Å²) in [4.78, 5) is 12.0. The number of hydrogen-bond acceptors (Lipinski definition) is 6. The molecule has 0 unspecified atom stereocenters. The van der Waals surface area contributed by atoms with Crippen molar-refractivity contribution in [1.82, 2.24) is 10.3 Å². The zero-order chi connectivity index (χ0) is 16.6. The third kappa shape index (κ3) is 2.65. The number of aliphatic hydroxyl groups is 1. The van der Waals surface area contributed by atoms with Gasteiger partial charge in [0.25, 0.3) is 5.91 Å². The van der Waals surface area contributed by atoms with Crippen molar-refractivity contribution in [3.63, 3.8) is 0 Å². The summed E-state index contributed by atoms with van der Waals surface area (Å²) in [5, 5.41) is 16.5. The number of likely N-dealkylation sites (N-methyl/N-ethyl adjacent to an activating group) is 1. The fourth-order valence-corrected chi connectivity index (χ4v) is 5.53. The van der Waals surface area contributed by atoms with Crippen molar-refractivity contribution in [2.45, 2.75) is 41.6 Å². The third-order valence-corrected chi connectivity index (χ3v) is 8.20. The van der Waals surface area contributed by atoms with Gasteiger partial charge in [-0.25, -0.2) is 8.42 Å². The van der Waals surface area contributed by atoms with E-state index in [9.17, 15) is 13.2 Å². The van der Waals surface area contributed by atoms with Gasteiger partial charge in [-0.2, -0.15) is 5.10 Å². The summed E-state index contributed by atoms with van der Waals surface area (Å²) in [6.07, 6.45) is 2.57. The zero-order valence-corrected chi connectivity index (χ0v) is 13.7. The molecule has 0 bridgehead atoms. The molecule has 2 aliphatic rings. The molecule has 0 aromatic rings. The summed E-state index contributed by atoms with van der Waals surface area (Å²) >= 11 is 0. The summed E-state index contributed by atoms with van der Waals surface area (Å²) in [6.45, 7) is 6.84. The number of hydrazone groups is 1. The highest BCUT2D eigenvalue weighted by Crippen LogP contribution is 2.57. The molecular formula is C14H23N3O4S. The smallest absolute Gasteiger partial charge is 0.268 e. The second kappa shape index (κ2) is 5.66. The van der Waals surface area contributed by atoms with Crippen LogP contribution in [0.3, 0.4) is 0 Å². The number of amides is 1. The number of aliphatic hydroxyl groups excluding tert-OH is 1. The zero-order valence-electron chi connectivity index (χ0n) is 12.8. The molecule has 124 valence electrons. The molecule has 0 spiro atoms. The Balaban J connectivity index is 2.03. The van der Waals surface area contributed by atoms with E-state index in [1.807, 2.05) is 0 Å². The summed E-state index contributed by atoms with van der Waals surface area (Å²) in [5.74, 6) is -0.455. The number of nitrogens with zero attached hydrogens (tertiary/aromatic N) is 2. The molecule has 2 fully saturated rings. The molecule has 7 nitrogen and oxygen atoms in total. The van der Waals surface area contributed by atoms with Gasteiger partial charge in [-0.1, -0.05) is 6.58 Å². The maximum absolute atomic E-state index is 12.8. The Hall–Kier alpha value is -1.41. The van der Waals surface area contributed by atoms with Gasteiger partial charge in [0.15, 0.2) is 9.84 Å². The Morgan fingerprint density at radius 1 is 1.32 bits per heavy atom. The maximum atomic E-state index is 12.8. The van der Waals surface area contributed by atoms with Crippen LogP contribution in [0.2, 0.25) is 0 Å². The van der Waals surface area contributed by atoms with Crippen LogP contribution < -0.4 is 5.32 Å². The van der Waals surface area contributed by atoms with E-state index < -0.39 is 25.2 Å². The van der Waals surface area contributed by atoms with Crippen molar-refractivity contribution in [3.05, 3.63) is 12.3 Å². The summed E-state index contributed by atoms with van der Waals surface area (Å²) in [5.41, 5.74) is 0.111. The van der Waals surface area contributed by atoms with Crippen molar-refractivity contribution in [3.8, 4) is 0 Å². The van der Waals surface area contributed by atoms with Crippen LogP contribution >= 0.6 is 0 Å². The largest absolute Gasteiger partial charge is 0.396 e. The molecule has 2 rings (SSSR count). The molecule has 2 saturated carbocycles.